The van der Waals surface area contributed by atoms with Gasteiger partial charge in [-0.2, -0.15) is 0 Å². The van der Waals surface area contributed by atoms with E-state index in [4.69, 9.17) is 0 Å². The van der Waals surface area contributed by atoms with Gasteiger partial charge in [0.1, 0.15) is 5.82 Å². The number of hydrogen-bond donors (Lipinski definition) is 1. The first-order chi connectivity index (χ1) is 11.1. The highest BCUT2D eigenvalue weighted by Gasteiger charge is 2.18. The highest BCUT2D eigenvalue weighted by molar-refractivity contribution is 7.18. The number of aliphatic hydroxyl groups is 1. The molecule has 0 atom stereocenters. The average molecular weight is 330 g/mol. The molecule has 0 aliphatic heterocycles. The van der Waals surface area contributed by atoms with E-state index >= 15 is 0 Å². The van der Waals surface area contributed by atoms with Gasteiger partial charge in [-0.15, -0.1) is 11.3 Å². The number of aromatic nitrogens is 3. The first kappa shape index (κ1) is 15.6. The molecule has 0 unspecified atom stereocenters. The van der Waals surface area contributed by atoms with Gasteiger partial charge in [0.2, 0.25) is 0 Å². The summed E-state index contributed by atoms with van der Waals surface area (Å²) in [6, 6.07) is 5.54. The molecule has 0 saturated carbocycles. The van der Waals surface area contributed by atoms with Gasteiger partial charge in [-0.3, -0.25) is 4.79 Å². The van der Waals surface area contributed by atoms with Crippen LogP contribution < -0.4 is 0 Å². The molecule has 23 heavy (non-hydrogen) atoms. The molecular formula is C16H18N4O2S. The molecular weight excluding hydrogens is 312 g/mol. The molecule has 6 nitrogen and oxygen atoms in total. The molecule has 0 saturated heterocycles. The standard InChI is InChI=1S/C16H18N4O2S/c1-11-18-13-9-12(3-4-14(13)23-11)16(22)20(7-8-21)10-15-17-5-6-19(15)2/h3-6,9,21H,7-8,10H2,1-2H3. The van der Waals surface area contributed by atoms with Gasteiger partial charge in [-0.1, -0.05) is 0 Å². The summed E-state index contributed by atoms with van der Waals surface area (Å²) < 4.78 is 2.93. The minimum absolute atomic E-state index is 0.0891. The highest BCUT2D eigenvalue weighted by Crippen LogP contribution is 2.23. The van der Waals surface area contributed by atoms with Crippen LogP contribution in [0.4, 0.5) is 0 Å². The van der Waals surface area contributed by atoms with Gasteiger partial charge in [0.05, 0.1) is 28.4 Å². The molecule has 1 amide bonds. The fourth-order valence-corrected chi connectivity index (χ4v) is 3.26. The molecule has 0 aliphatic rings. The van der Waals surface area contributed by atoms with Gasteiger partial charge in [0.25, 0.3) is 5.91 Å². The van der Waals surface area contributed by atoms with Crippen LogP contribution in [0.3, 0.4) is 0 Å². The van der Waals surface area contributed by atoms with Crippen LogP contribution in [0.2, 0.25) is 0 Å². The van der Waals surface area contributed by atoms with Crippen LogP contribution in [0.1, 0.15) is 21.2 Å². The average Bonchev–Trinajstić information content (AvgIpc) is 3.10. The minimum atomic E-state index is -0.130. The Morgan fingerprint density at radius 2 is 2.26 bits per heavy atom. The fourth-order valence-electron chi connectivity index (χ4n) is 2.45. The third-order valence-corrected chi connectivity index (χ3v) is 4.60. The number of benzene rings is 1. The summed E-state index contributed by atoms with van der Waals surface area (Å²) in [5.74, 6) is 0.645. The van der Waals surface area contributed by atoms with Crippen molar-refractivity contribution in [2.75, 3.05) is 13.2 Å². The normalized spacial score (nSPS) is 11.1. The summed E-state index contributed by atoms with van der Waals surface area (Å²) >= 11 is 1.61. The lowest BCUT2D eigenvalue weighted by atomic mass is 10.2. The van der Waals surface area contributed by atoms with Crippen molar-refractivity contribution in [3.05, 3.63) is 47.0 Å². The monoisotopic (exact) mass is 330 g/mol. The lowest BCUT2D eigenvalue weighted by molar-refractivity contribution is 0.0701. The summed E-state index contributed by atoms with van der Waals surface area (Å²) in [7, 11) is 1.88. The lowest BCUT2D eigenvalue weighted by Gasteiger charge is -2.21. The zero-order valence-corrected chi connectivity index (χ0v) is 13.9. The quantitative estimate of drug-likeness (QED) is 0.776. The molecule has 7 heteroatoms. The number of aliphatic hydroxyl groups excluding tert-OH is 1. The van der Waals surface area contributed by atoms with E-state index in [1.807, 2.05) is 42.9 Å². The number of imidazole rings is 1. The van der Waals surface area contributed by atoms with Crippen LogP contribution in [0, 0.1) is 6.92 Å². The van der Waals surface area contributed by atoms with Gasteiger partial charge >= 0.3 is 0 Å². The number of nitrogens with zero attached hydrogens (tertiary/aromatic N) is 4. The smallest absolute Gasteiger partial charge is 0.254 e. The van der Waals surface area contributed by atoms with Crippen molar-refractivity contribution in [3.63, 3.8) is 0 Å². The Labute approximate surface area is 138 Å². The molecule has 0 fully saturated rings. The second-order valence-corrected chi connectivity index (χ2v) is 6.55. The van der Waals surface area contributed by atoms with Gasteiger partial charge < -0.3 is 14.6 Å². The minimum Gasteiger partial charge on any atom is -0.395 e. The Morgan fingerprint density at radius 3 is 2.96 bits per heavy atom. The summed E-state index contributed by atoms with van der Waals surface area (Å²) in [5.41, 5.74) is 1.41. The zero-order chi connectivity index (χ0) is 16.4. The van der Waals surface area contributed by atoms with E-state index in [9.17, 15) is 9.90 Å². The second-order valence-electron chi connectivity index (χ2n) is 5.32. The van der Waals surface area contributed by atoms with Crippen molar-refractivity contribution in [2.45, 2.75) is 13.5 Å². The van der Waals surface area contributed by atoms with E-state index in [2.05, 4.69) is 9.97 Å². The van der Waals surface area contributed by atoms with Gasteiger partial charge in [-0.05, 0) is 25.1 Å². The topological polar surface area (TPSA) is 71.2 Å². The van der Waals surface area contributed by atoms with Crippen LogP contribution in [-0.4, -0.2) is 43.6 Å². The number of thiazole rings is 1. The third kappa shape index (κ3) is 3.25. The van der Waals surface area contributed by atoms with Crippen molar-refractivity contribution in [1.29, 1.82) is 0 Å². The number of fused-ring (bicyclic) bond motifs is 1. The van der Waals surface area contributed by atoms with E-state index in [0.29, 0.717) is 12.1 Å². The van der Waals surface area contributed by atoms with E-state index in [-0.39, 0.29) is 19.1 Å². The van der Waals surface area contributed by atoms with E-state index in [0.717, 1.165) is 21.0 Å². The highest BCUT2D eigenvalue weighted by atomic mass is 32.1. The Kier molecular flexibility index (Phi) is 4.40. The Morgan fingerprint density at radius 1 is 1.43 bits per heavy atom. The first-order valence-electron chi connectivity index (χ1n) is 7.32. The molecule has 120 valence electrons. The number of amides is 1. The summed E-state index contributed by atoms with van der Waals surface area (Å²) in [5, 5.41) is 10.3. The predicted molar refractivity (Wildman–Crippen MR) is 89.4 cm³/mol. The largest absolute Gasteiger partial charge is 0.395 e. The third-order valence-electron chi connectivity index (χ3n) is 3.65. The molecule has 0 spiro atoms. The van der Waals surface area contributed by atoms with Gasteiger partial charge in [0, 0.05) is 31.5 Å². The molecule has 1 N–H and O–H groups in total. The molecule has 3 aromatic rings. The van der Waals surface area contributed by atoms with Crippen LogP contribution in [0.15, 0.2) is 30.6 Å². The Hall–Kier alpha value is -2.25. The molecule has 2 heterocycles. The molecule has 2 aromatic heterocycles. The first-order valence-corrected chi connectivity index (χ1v) is 8.13. The van der Waals surface area contributed by atoms with Crippen molar-refractivity contribution < 1.29 is 9.90 Å². The Bertz CT molecular complexity index is 840. The maximum atomic E-state index is 12.8. The van der Waals surface area contributed by atoms with Gasteiger partial charge in [-0.25, -0.2) is 9.97 Å². The number of carbonyl (C=O) groups is 1. The lowest BCUT2D eigenvalue weighted by Crippen LogP contribution is -2.34. The van der Waals surface area contributed by atoms with Gasteiger partial charge in [0.15, 0.2) is 0 Å². The maximum Gasteiger partial charge on any atom is 0.254 e. The summed E-state index contributed by atoms with van der Waals surface area (Å²) in [6.45, 7) is 2.48. The summed E-state index contributed by atoms with van der Waals surface area (Å²) in [6.07, 6.45) is 3.53. The number of rotatable bonds is 5. The zero-order valence-electron chi connectivity index (χ0n) is 13.1. The van der Waals surface area contributed by atoms with E-state index in [1.165, 1.54) is 0 Å². The van der Waals surface area contributed by atoms with Crippen molar-refractivity contribution >= 4 is 27.5 Å². The predicted octanol–water partition coefficient (Wildman–Crippen LogP) is 1.97. The number of carbonyl (C=O) groups excluding carboxylic acids is 1. The van der Waals surface area contributed by atoms with Crippen molar-refractivity contribution in [3.8, 4) is 0 Å². The van der Waals surface area contributed by atoms with Crippen molar-refractivity contribution in [1.82, 2.24) is 19.4 Å². The van der Waals surface area contributed by atoms with Crippen LogP contribution in [0.5, 0.6) is 0 Å². The maximum absolute atomic E-state index is 12.8. The fraction of sp³-hybridized carbons (Fsp3) is 0.312. The molecule has 0 bridgehead atoms. The number of aryl methyl sites for hydroxylation is 2. The molecule has 0 aliphatic carbocycles. The van der Waals surface area contributed by atoms with E-state index in [1.54, 1.807) is 22.4 Å². The summed E-state index contributed by atoms with van der Waals surface area (Å²) in [4.78, 5) is 23.1. The SMILES string of the molecule is Cc1nc2cc(C(=O)N(CCO)Cc3nccn3C)ccc2s1. The molecule has 3 rings (SSSR count). The number of hydrogen-bond acceptors (Lipinski definition) is 5. The van der Waals surface area contributed by atoms with Crippen LogP contribution in [-0.2, 0) is 13.6 Å². The second kappa shape index (κ2) is 6.47. The van der Waals surface area contributed by atoms with Crippen LogP contribution >= 0.6 is 11.3 Å². The molecule has 1 aromatic carbocycles. The Balaban J connectivity index is 1.88. The molecule has 0 radical (unpaired) electrons. The van der Waals surface area contributed by atoms with Crippen LogP contribution in [0.25, 0.3) is 10.2 Å². The van der Waals surface area contributed by atoms with Crippen molar-refractivity contribution in [2.24, 2.45) is 7.05 Å². The van der Waals surface area contributed by atoms with E-state index < -0.39 is 0 Å².